The van der Waals surface area contributed by atoms with Crippen LogP contribution < -0.4 is 42.3 Å². The van der Waals surface area contributed by atoms with Crippen molar-refractivity contribution >= 4 is 136 Å². The number of fused-ring (bicyclic) bond motifs is 3. The molecular formula is C101H114F4N18O11S6. The van der Waals surface area contributed by atoms with E-state index >= 15 is 4.39 Å². The number of aromatic nitrogens is 11. The predicted octanol–water partition coefficient (Wildman–Crippen LogP) is 15.1. The highest BCUT2D eigenvalue weighted by Gasteiger charge is 2.45. The molecule has 13 heterocycles. The first-order chi connectivity index (χ1) is 67.1. The topological polar surface area (TPSA) is 339 Å². The van der Waals surface area contributed by atoms with E-state index in [1.165, 1.54) is 38.1 Å². The highest BCUT2D eigenvalue weighted by molar-refractivity contribution is 8.02. The Hall–Kier alpha value is -11.2. The number of sulfone groups is 1. The minimum atomic E-state index is -4.86. The maximum absolute atomic E-state index is 15.1. The third-order valence-electron chi connectivity index (χ3n) is 27.0. The number of halogens is 4. The number of benzene rings is 5. The van der Waals surface area contributed by atoms with Gasteiger partial charge in [-0.2, -0.15) is 34.9 Å². The fourth-order valence-corrected chi connectivity index (χ4v) is 27.8. The minimum Gasteiger partial charge on any atom is -0.490 e. The van der Waals surface area contributed by atoms with Crippen molar-refractivity contribution in [2.45, 2.75) is 165 Å². The number of nitrogens with zero attached hydrogens (tertiary/aromatic N) is 15. The maximum Gasteiger partial charge on any atom is 0.402 e. The van der Waals surface area contributed by atoms with Gasteiger partial charge in [0.25, 0.3) is 16.7 Å². The number of hydrogen-bond donors (Lipinski definition) is 3. The number of pyridine rings is 4. The Kier molecular flexibility index (Phi) is 30.7. The number of hydrogen-bond acceptors (Lipinski definition) is 27. The van der Waals surface area contributed by atoms with Crippen molar-refractivity contribution in [3.63, 3.8) is 0 Å². The van der Waals surface area contributed by atoms with Gasteiger partial charge in [-0.25, -0.2) is 45.5 Å². The molecule has 6 fully saturated rings. The van der Waals surface area contributed by atoms with Crippen molar-refractivity contribution in [1.82, 2.24) is 73.0 Å². The number of aryl methyl sites for hydroxylation is 2. The van der Waals surface area contributed by atoms with Crippen LogP contribution in [-0.4, -0.2) is 237 Å². The number of sulfonamides is 1. The summed E-state index contributed by atoms with van der Waals surface area (Å²) >= 11 is 3.27. The van der Waals surface area contributed by atoms with Gasteiger partial charge >= 0.3 is 6.18 Å². The molecule has 0 spiro atoms. The number of thiazole rings is 1. The van der Waals surface area contributed by atoms with Gasteiger partial charge in [0.1, 0.15) is 50.4 Å². The molecule has 5 saturated heterocycles. The van der Waals surface area contributed by atoms with E-state index < -0.39 is 67.6 Å². The molecule has 3 N–H and O–H groups in total. The van der Waals surface area contributed by atoms with Crippen LogP contribution in [0.1, 0.15) is 129 Å². The molecule has 8 aromatic heterocycles. The number of likely N-dealkylation sites (N-methyl/N-ethyl adjacent to an activating group) is 1. The SMILES string of the molecule is C=S(=O)(c1ccc(-c2cc3cnc(Nc4ccc(C5CN(C)CCS5)cc4)nc3n(C3CCN(S(C)(=O)=O)CC3)c2=O)cc1)c1cncs1.C=S(=O)(c1ccc(-c2cc3cnc(Nc4ccc(N5CCNC(C)C5)c(F)c4)nc3n(CC)c2=O)nc1)C1CCOCC1.Cc1ccccc1Cn1c(=O)c(C2CCCCC2S(=O)(=O)CC(F)(F)F)cc2cnc(Cc3ccc(OC4CCN(C)CC4)cc3)nc21. The Morgan fingerprint density at radius 1 is 0.636 bits per heavy atom. The highest BCUT2D eigenvalue weighted by Crippen LogP contribution is 2.41. The fourth-order valence-electron chi connectivity index (χ4n) is 19.2. The van der Waals surface area contributed by atoms with Gasteiger partial charge in [0.2, 0.25) is 21.9 Å². The summed E-state index contributed by atoms with van der Waals surface area (Å²) in [5.41, 5.74) is 10.2. The first-order valence-corrected chi connectivity index (χ1v) is 56.0. The van der Waals surface area contributed by atoms with Gasteiger partial charge in [0, 0.05) is 212 Å². The molecule has 13 aromatic rings. The van der Waals surface area contributed by atoms with Gasteiger partial charge in [0.05, 0.1) is 46.7 Å². The zero-order chi connectivity index (χ0) is 98.5. The Bertz CT molecular complexity index is 7360. The van der Waals surface area contributed by atoms with Gasteiger partial charge in [-0.3, -0.25) is 46.5 Å². The van der Waals surface area contributed by atoms with Crippen LogP contribution in [0.5, 0.6) is 5.75 Å². The van der Waals surface area contributed by atoms with Crippen molar-refractivity contribution in [3.8, 4) is 28.1 Å². The molecule has 0 radical (unpaired) electrons. The van der Waals surface area contributed by atoms with Crippen LogP contribution in [0.3, 0.4) is 0 Å². The molecule has 6 aliphatic rings. The standard InChI is InChI=1S/C36H41F3N4O4S.C34H37N7O4S4.C31H36FN7O3S/c1-24-7-3-4-8-26(24)22-43-34-27(20-31(35(43)44)30-9-5-6-10-32(30)48(45,46)23-36(37,38)39)21-40-33(41-34)19-25-11-13-28(14-12-25)47-29-15-17-42(2)18-16-29;1-39-16-17-46-30(21-39)24-4-8-26(9-5-24)37-34-36-19-25-18-29(23-6-10-28(11-7-23)48(2,43)31-20-35-22-47-31)33(42)41(32(25)38-34)27-12-14-40(15-13-27)49(3,44)45;1-4-39-29-21(15-25(30(39)40)27-7-6-24(18-34-27)43(3,41)23-9-13-42-14-10-23)17-35-31(37-29)36-22-5-8-28(26(32)16-22)38-12-11-33-20(2)19-38/h3-4,7-8,11-14,20-21,29-30,32H,5-6,9-10,15-19,22-23H2,1-2H3;4-11,18-20,22,27,30H,2,12-17,21H2,1,3H3,(H,36,37,38);5-8,15-18,20,23,33H,3-4,9-14,19H2,1-2H3,(H,35,36,37). The second-order valence-electron chi connectivity index (χ2n) is 36.9. The molecule has 738 valence electrons. The number of likely N-dealkylation sites (tertiary alicyclic amines) is 1. The lowest BCUT2D eigenvalue weighted by Gasteiger charge is -2.33. The van der Waals surface area contributed by atoms with Gasteiger partial charge in [-0.15, -0.1) is 11.3 Å². The molecule has 1 saturated carbocycles. The largest absolute Gasteiger partial charge is 0.490 e. The van der Waals surface area contributed by atoms with E-state index in [0.29, 0.717) is 182 Å². The van der Waals surface area contributed by atoms with Crippen LogP contribution in [0.2, 0.25) is 0 Å². The van der Waals surface area contributed by atoms with E-state index in [-0.39, 0.29) is 64.9 Å². The Labute approximate surface area is 820 Å². The maximum atomic E-state index is 15.1. The quantitative estimate of drug-likeness (QED) is 0.0374. The molecular weight excluding hydrogens is 1910 g/mol. The predicted molar refractivity (Wildman–Crippen MR) is 549 cm³/mol. The summed E-state index contributed by atoms with van der Waals surface area (Å²) in [6.45, 7) is 14.6. The van der Waals surface area contributed by atoms with E-state index in [9.17, 15) is 52.8 Å². The molecule has 6 unspecified atom stereocenters. The van der Waals surface area contributed by atoms with Crippen LogP contribution in [0, 0.1) is 12.7 Å². The second-order valence-corrected chi connectivity index (χ2v) is 48.4. The second kappa shape index (κ2) is 42.9. The van der Waals surface area contributed by atoms with Crippen LogP contribution in [0.25, 0.3) is 55.5 Å². The molecule has 0 amide bonds. The normalized spacial score (nSPS) is 19.6. The van der Waals surface area contributed by atoms with E-state index in [1.54, 1.807) is 112 Å². The monoisotopic (exact) mass is 2020 g/mol. The van der Waals surface area contributed by atoms with Crippen molar-refractivity contribution < 1.29 is 52.3 Å². The van der Waals surface area contributed by atoms with E-state index in [4.69, 9.17) is 19.4 Å². The summed E-state index contributed by atoms with van der Waals surface area (Å²) in [4.78, 5) is 86.6. The lowest BCUT2D eigenvalue weighted by atomic mass is 9.83. The lowest BCUT2D eigenvalue weighted by molar-refractivity contribution is -0.106. The summed E-state index contributed by atoms with van der Waals surface area (Å²) in [6.07, 6.45) is 10.8. The molecule has 6 atom stereocenters. The third kappa shape index (κ3) is 23.2. The molecule has 1 aliphatic carbocycles. The van der Waals surface area contributed by atoms with Gasteiger partial charge in [0.15, 0.2) is 9.84 Å². The summed E-state index contributed by atoms with van der Waals surface area (Å²) in [7, 11) is -8.92. The smallest absolute Gasteiger partial charge is 0.402 e. The number of thioether (sulfide) groups is 1. The third-order valence-corrected chi connectivity index (χ3v) is 37.8. The van der Waals surface area contributed by atoms with Gasteiger partial charge in [-0.05, 0) is 211 Å². The first kappa shape index (κ1) is 100. The Morgan fingerprint density at radius 3 is 1.96 bits per heavy atom. The summed E-state index contributed by atoms with van der Waals surface area (Å²) in [5.74, 6) is 7.97. The van der Waals surface area contributed by atoms with Crippen LogP contribution in [0.15, 0.2) is 210 Å². The Morgan fingerprint density at radius 2 is 1.30 bits per heavy atom. The molecule has 19 rings (SSSR count). The zero-order valence-electron chi connectivity index (χ0n) is 78.8. The summed E-state index contributed by atoms with van der Waals surface area (Å²) in [6, 6.07) is 44.4. The summed E-state index contributed by atoms with van der Waals surface area (Å²) in [5, 5.41) is 10.7. The number of piperidine rings is 2. The molecule has 29 nitrogen and oxygen atoms in total. The van der Waals surface area contributed by atoms with Gasteiger partial charge in [-0.1, -0.05) is 73.5 Å². The Balaban J connectivity index is 0.000000145. The number of rotatable bonds is 24. The molecule has 140 heavy (non-hydrogen) atoms. The number of nitrogens with one attached hydrogen (secondary N) is 3. The average molecular weight is 2020 g/mol. The fraction of sp³-hybridized carbons (Fsp3) is 0.396. The number of anilines is 5. The number of alkyl halides is 3. The average Bonchev–Trinajstić information content (AvgIpc) is 0.780. The summed E-state index contributed by atoms with van der Waals surface area (Å²) < 4.78 is 151. The van der Waals surface area contributed by atoms with Gasteiger partial charge < -0.3 is 40.1 Å². The van der Waals surface area contributed by atoms with E-state index in [1.807, 2.05) is 91.2 Å². The number of piperazine rings is 1. The highest BCUT2D eigenvalue weighted by atomic mass is 32.2. The lowest BCUT2D eigenvalue weighted by Crippen LogP contribution is -2.49. The van der Waals surface area contributed by atoms with Crippen molar-refractivity contribution in [2.75, 3.05) is 120 Å². The molecule has 5 aliphatic heterocycles. The minimum absolute atomic E-state index is 0.0580. The van der Waals surface area contributed by atoms with Crippen molar-refractivity contribution in [3.05, 3.63) is 253 Å². The number of ether oxygens (including phenoxy) is 2. The van der Waals surface area contributed by atoms with E-state index in [2.05, 4.69) is 101 Å². The molecule has 39 heteroatoms. The van der Waals surface area contributed by atoms with E-state index in [0.717, 1.165) is 92.5 Å². The van der Waals surface area contributed by atoms with Crippen LogP contribution in [-0.2, 0) is 63.2 Å². The van der Waals surface area contributed by atoms with Crippen LogP contribution >= 0.6 is 23.1 Å². The zero-order valence-corrected chi connectivity index (χ0v) is 83.7. The molecule has 5 aromatic carbocycles. The van der Waals surface area contributed by atoms with Crippen molar-refractivity contribution in [2.24, 2.45) is 0 Å². The van der Waals surface area contributed by atoms with Crippen LogP contribution in [0.4, 0.5) is 46.5 Å². The molecule has 0 bridgehead atoms. The van der Waals surface area contributed by atoms with Crippen molar-refractivity contribution in [1.29, 1.82) is 0 Å². The first-order valence-electron chi connectivity index (χ1n) is 47.0.